The number of rotatable bonds is 6. The van der Waals surface area contributed by atoms with Gasteiger partial charge in [0.25, 0.3) is 0 Å². The van der Waals surface area contributed by atoms with Crippen LogP contribution in [0.25, 0.3) is 0 Å². The molecule has 3 heteroatoms. The summed E-state index contributed by atoms with van der Waals surface area (Å²) in [4.78, 5) is 0. The van der Waals surface area contributed by atoms with Gasteiger partial charge >= 0.3 is 0 Å². The number of fused-ring (bicyclic) bond motifs is 1. The number of hydrogen-bond donors (Lipinski definition) is 1. The summed E-state index contributed by atoms with van der Waals surface area (Å²) in [5.41, 5.74) is 5.71. The number of aryl methyl sites for hydroxylation is 2. The van der Waals surface area contributed by atoms with Crippen LogP contribution in [0.5, 0.6) is 0 Å². The molecule has 0 amide bonds. The van der Waals surface area contributed by atoms with Gasteiger partial charge in [-0.25, -0.2) is 0 Å². The molecular weight excluding hydrogens is 246 g/mol. The Morgan fingerprint density at radius 1 is 1.20 bits per heavy atom. The van der Waals surface area contributed by atoms with E-state index in [9.17, 15) is 0 Å². The zero-order valence-corrected chi connectivity index (χ0v) is 12.2. The molecule has 1 aromatic heterocycles. The van der Waals surface area contributed by atoms with Gasteiger partial charge in [-0.15, -0.1) is 0 Å². The van der Waals surface area contributed by atoms with Crippen molar-refractivity contribution in [3.05, 3.63) is 52.8 Å². The molecule has 2 aromatic rings. The minimum absolute atomic E-state index is 0.876. The van der Waals surface area contributed by atoms with Crippen molar-refractivity contribution in [3.8, 4) is 0 Å². The normalized spacial score (nSPS) is 13.7. The Bertz CT molecular complexity index is 571. The second kappa shape index (κ2) is 6.23. The van der Waals surface area contributed by atoms with E-state index >= 15 is 0 Å². The Balaban J connectivity index is 1.63. The lowest BCUT2D eigenvalue weighted by Gasteiger charge is -2.05. The third kappa shape index (κ3) is 3.10. The predicted molar refractivity (Wildman–Crippen MR) is 81.8 cm³/mol. The maximum absolute atomic E-state index is 4.46. The molecule has 1 aromatic carbocycles. The highest BCUT2D eigenvalue weighted by molar-refractivity contribution is 5.35. The summed E-state index contributed by atoms with van der Waals surface area (Å²) in [6.07, 6.45) is 9.10. The SMILES string of the molecule is CCCNCc1cnn(Cc2ccc3c(c2)CCC3)c1. The molecule has 3 nitrogen and oxygen atoms in total. The molecule has 106 valence electrons. The highest BCUT2D eigenvalue weighted by Crippen LogP contribution is 2.23. The average molecular weight is 269 g/mol. The molecule has 0 fully saturated rings. The van der Waals surface area contributed by atoms with E-state index in [-0.39, 0.29) is 0 Å². The van der Waals surface area contributed by atoms with Crippen molar-refractivity contribution in [1.29, 1.82) is 0 Å². The van der Waals surface area contributed by atoms with E-state index < -0.39 is 0 Å². The Hall–Kier alpha value is -1.61. The third-order valence-corrected chi connectivity index (χ3v) is 3.95. The summed E-state index contributed by atoms with van der Waals surface area (Å²) in [5.74, 6) is 0. The lowest BCUT2D eigenvalue weighted by molar-refractivity contribution is 0.668. The van der Waals surface area contributed by atoms with E-state index in [4.69, 9.17) is 0 Å². The zero-order chi connectivity index (χ0) is 13.8. The second-order valence-corrected chi connectivity index (χ2v) is 5.68. The molecule has 0 aliphatic heterocycles. The zero-order valence-electron chi connectivity index (χ0n) is 12.2. The lowest BCUT2D eigenvalue weighted by Crippen LogP contribution is -2.13. The van der Waals surface area contributed by atoms with Crippen LogP contribution in [-0.2, 0) is 25.9 Å². The molecule has 20 heavy (non-hydrogen) atoms. The molecular formula is C17H23N3. The predicted octanol–water partition coefficient (Wildman–Crippen LogP) is 2.92. The molecule has 0 unspecified atom stereocenters. The molecule has 0 saturated carbocycles. The van der Waals surface area contributed by atoms with E-state index in [0.29, 0.717) is 0 Å². The Morgan fingerprint density at radius 3 is 3.00 bits per heavy atom. The van der Waals surface area contributed by atoms with Gasteiger partial charge in [-0.3, -0.25) is 4.68 Å². The minimum Gasteiger partial charge on any atom is -0.313 e. The molecule has 0 spiro atoms. The highest BCUT2D eigenvalue weighted by atomic mass is 15.3. The van der Waals surface area contributed by atoms with Crippen LogP contribution in [0.15, 0.2) is 30.6 Å². The van der Waals surface area contributed by atoms with E-state index in [0.717, 1.165) is 19.6 Å². The van der Waals surface area contributed by atoms with Crippen LogP contribution >= 0.6 is 0 Å². The van der Waals surface area contributed by atoms with Gasteiger partial charge in [0.05, 0.1) is 12.7 Å². The van der Waals surface area contributed by atoms with E-state index in [1.54, 1.807) is 11.1 Å². The first-order valence-electron chi connectivity index (χ1n) is 7.68. The molecule has 1 aliphatic carbocycles. The number of nitrogens with zero attached hydrogens (tertiary/aromatic N) is 2. The first-order chi connectivity index (χ1) is 9.85. The Kier molecular flexibility index (Phi) is 4.16. The van der Waals surface area contributed by atoms with Crippen molar-refractivity contribution < 1.29 is 0 Å². The van der Waals surface area contributed by atoms with Crippen LogP contribution in [0.1, 0.15) is 42.0 Å². The summed E-state index contributed by atoms with van der Waals surface area (Å²) >= 11 is 0. The second-order valence-electron chi connectivity index (χ2n) is 5.68. The Labute approximate surface area is 121 Å². The first-order valence-corrected chi connectivity index (χ1v) is 7.68. The first kappa shape index (κ1) is 13.4. The smallest absolute Gasteiger partial charge is 0.0659 e. The van der Waals surface area contributed by atoms with Crippen LogP contribution in [0, 0.1) is 0 Å². The molecule has 0 atom stereocenters. The maximum atomic E-state index is 4.46. The fourth-order valence-corrected chi connectivity index (χ4v) is 2.90. The summed E-state index contributed by atoms with van der Waals surface area (Å²) in [6, 6.07) is 6.91. The molecule has 0 bridgehead atoms. The topological polar surface area (TPSA) is 29.9 Å². The van der Waals surface area contributed by atoms with Crippen LogP contribution in [0.2, 0.25) is 0 Å². The summed E-state index contributed by atoms with van der Waals surface area (Å²) in [7, 11) is 0. The Morgan fingerprint density at radius 2 is 2.10 bits per heavy atom. The van der Waals surface area contributed by atoms with Crippen molar-refractivity contribution in [1.82, 2.24) is 15.1 Å². The largest absolute Gasteiger partial charge is 0.313 e. The number of hydrogen-bond acceptors (Lipinski definition) is 2. The van der Waals surface area contributed by atoms with Crippen LogP contribution < -0.4 is 5.32 Å². The lowest BCUT2D eigenvalue weighted by atomic mass is 10.1. The summed E-state index contributed by atoms with van der Waals surface area (Å²) < 4.78 is 2.04. The van der Waals surface area contributed by atoms with Crippen molar-refractivity contribution in [3.63, 3.8) is 0 Å². The van der Waals surface area contributed by atoms with Crippen molar-refractivity contribution in [2.24, 2.45) is 0 Å². The van der Waals surface area contributed by atoms with Crippen molar-refractivity contribution >= 4 is 0 Å². The highest BCUT2D eigenvalue weighted by Gasteiger charge is 2.11. The standard InChI is InChI=1S/C17H23N3/c1-2-8-18-10-15-11-19-20(13-15)12-14-6-7-16-4-3-5-17(16)9-14/h6-7,9,11,13,18H,2-5,8,10,12H2,1H3. The molecule has 1 N–H and O–H groups in total. The van der Waals surface area contributed by atoms with Crippen LogP contribution in [0.3, 0.4) is 0 Å². The van der Waals surface area contributed by atoms with Crippen molar-refractivity contribution in [2.45, 2.75) is 45.7 Å². The van der Waals surface area contributed by atoms with Crippen LogP contribution in [0.4, 0.5) is 0 Å². The number of nitrogens with one attached hydrogen (secondary N) is 1. The fourth-order valence-electron chi connectivity index (χ4n) is 2.90. The summed E-state index contributed by atoms with van der Waals surface area (Å²) in [5, 5.41) is 7.87. The third-order valence-electron chi connectivity index (χ3n) is 3.95. The van der Waals surface area contributed by atoms with Gasteiger partial charge in [-0.2, -0.15) is 5.10 Å². The van der Waals surface area contributed by atoms with Gasteiger partial charge in [0.1, 0.15) is 0 Å². The van der Waals surface area contributed by atoms with Gasteiger partial charge in [0.2, 0.25) is 0 Å². The van der Waals surface area contributed by atoms with Gasteiger partial charge in [0, 0.05) is 18.3 Å². The number of benzene rings is 1. The van der Waals surface area contributed by atoms with Gasteiger partial charge in [0.15, 0.2) is 0 Å². The van der Waals surface area contributed by atoms with Gasteiger partial charge in [-0.05, 0) is 48.9 Å². The average Bonchev–Trinajstić information content (AvgIpc) is 3.08. The number of aromatic nitrogens is 2. The van der Waals surface area contributed by atoms with Gasteiger partial charge < -0.3 is 5.32 Å². The maximum Gasteiger partial charge on any atom is 0.0659 e. The summed E-state index contributed by atoms with van der Waals surface area (Å²) in [6.45, 7) is 5.04. The molecule has 0 radical (unpaired) electrons. The van der Waals surface area contributed by atoms with E-state index in [1.165, 1.54) is 36.8 Å². The van der Waals surface area contributed by atoms with Crippen molar-refractivity contribution in [2.75, 3.05) is 6.54 Å². The quantitative estimate of drug-likeness (QED) is 0.817. The van der Waals surface area contributed by atoms with E-state index in [2.05, 4.69) is 41.7 Å². The van der Waals surface area contributed by atoms with Crippen LogP contribution in [-0.4, -0.2) is 16.3 Å². The molecule has 3 rings (SSSR count). The minimum atomic E-state index is 0.876. The molecule has 1 heterocycles. The monoisotopic (exact) mass is 269 g/mol. The molecule has 1 aliphatic rings. The molecule has 0 saturated heterocycles. The van der Waals surface area contributed by atoms with Gasteiger partial charge in [-0.1, -0.05) is 25.1 Å². The fraction of sp³-hybridized carbons (Fsp3) is 0.471. The van der Waals surface area contributed by atoms with E-state index in [1.807, 2.05) is 10.9 Å².